The molecule has 2 aromatic heterocycles. The molecular weight excluding hydrogens is 512 g/mol. The number of aliphatic hydroxyl groups is 3. The number of nitro groups is 2. The van der Waals surface area contributed by atoms with Crippen LogP contribution < -0.4 is 0 Å². The fraction of sp³-hybridized carbons (Fsp3) is 0.308. The Morgan fingerprint density at radius 3 is 2.46 bits per heavy atom. The molecule has 0 radical (unpaired) electrons. The summed E-state index contributed by atoms with van der Waals surface area (Å²) in [4.78, 5) is 26.3. The molecule has 39 heavy (non-hydrogen) atoms. The molecular formula is C26H24N4O9. The SMILES string of the molecule is CO[C@H]1[C@H](O)[C@@H](O)[C@H](n2c3ccccc3c3c([N+](=O)[O-])c(C)c4c5cc([N+](=O)[O-])ccc5[nH]c4c32)O[C@@H]1CO. The fourth-order valence-electron chi connectivity index (χ4n) is 5.98. The Labute approximate surface area is 219 Å². The second-order valence-electron chi connectivity index (χ2n) is 9.63. The van der Waals surface area contributed by atoms with Gasteiger partial charge in [0.1, 0.15) is 24.4 Å². The van der Waals surface area contributed by atoms with E-state index in [2.05, 4.69) is 4.98 Å². The van der Waals surface area contributed by atoms with Gasteiger partial charge >= 0.3 is 0 Å². The van der Waals surface area contributed by atoms with Crippen molar-refractivity contribution in [1.29, 1.82) is 0 Å². The van der Waals surface area contributed by atoms with E-state index >= 15 is 0 Å². The van der Waals surface area contributed by atoms with Crippen LogP contribution >= 0.6 is 0 Å². The number of aliphatic hydroxyl groups excluding tert-OH is 3. The first kappa shape index (κ1) is 25.2. The molecule has 0 aliphatic carbocycles. The van der Waals surface area contributed by atoms with E-state index in [1.54, 1.807) is 35.8 Å². The standard InChI is InChI=1S/C26H24N4O9/c1-11-18-14-9-12(29(34)35)7-8-15(14)27-20(18)22-19(21(11)30(36)37)13-5-3-4-6-16(13)28(22)26-24(33)23(32)25(38-2)17(10-31)39-26/h3-9,17,23-27,31-33H,10H2,1-2H3/t17-,23-,24-,25-,26-/m1/s1. The van der Waals surface area contributed by atoms with Gasteiger partial charge in [-0.3, -0.25) is 20.2 Å². The van der Waals surface area contributed by atoms with Crippen molar-refractivity contribution in [3.8, 4) is 0 Å². The zero-order valence-corrected chi connectivity index (χ0v) is 20.8. The third kappa shape index (κ3) is 3.45. The number of H-pyrrole nitrogens is 1. The normalized spacial score (nSPS) is 23.8. The molecule has 0 spiro atoms. The van der Waals surface area contributed by atoms with Crippen LogP contribution in [0.5, 0.6) is 0 Å². The third-order valence-electron chi connectivity index (χ3n) is 7.66. The Morgan fingerprint density at radius 1 is 1.05 bits per heavy atom. The first-order valence-electron chi connectivity index (χ1n) is 12.1. The highest BCUT2D eigenvalue weighted by molar-refractivity contribution is 6.27. The zero-order chi connectivity index (χ0) is 27.7. The number of methoxy groups -OCH3 is 1. The minimum atomic E-state index is -1.53. The number of hydrogen-bond acceptors (Lipinski definition) is 9. The summed E-state index contributed by atoms with van der Waals surface area (Å²) in [7, 11) is 1.33. The van der Waals surface area contributed by atoms with Crippen LogP contribution in [0.25, 0.3) is 43.6 Å². The Morgan fingerprint density at radius 2 is 1.79 bits per heavy atom. The van der Waals surface area contributed by atoms with Crippen molar-refractivity contribution in [2.75, 3.05) is 13.7 Å². The Balaban J connectivity index is 1.80. The topological polar surface area (TPSA) is 186 Å². The van der Waals surface area contributed by atoms with Crippen LogP contribution in [0, 0.1) is 27.2 Å². The van der Waals surface area contributed by atoms with Gasteiger partial charge in [0.2, 0.25) is 0 Å². The van der Waals surface area contributed by atoms with Crippen molar-refractivity contribution in [3.05, 3.63) is 68.3 Å². The monoisotopic (exact) mass is 536 g/mol. The number of para-hydroxylation sites is 1. The molecule has 1 fully saturated rings. The van der Waals surface area contributed by atoms with Crippen LogP contribution in [0.2, 0.25) is 0 Å². The molecule has 0 amide bonds. The summed E-state index contributed by atoms with van der Waals surface area (Å²) in [5.41, 5.74) is 1.71. The van der Waals surface area contributed by atoms with Crippen molar-refractivity contribution in [2.45, 2.75) is 37.6 Å². The number of rotatable bonds is 5. The summed E-state index contributed by atoms with van der Waals surface area (Å²) < 4.78 is 12.9. The van der Waals surface area contributed by atoms with Gasteiger partial charge in [-0.25, -0.2) is 0 Å². The second-order valence-corrected chi connectivity index (χ2v) is 9.63. The van der Waals surface area contributed by atoms with E-state index < -0.39 is 47.1 Å². The average molecular weight is 536 g/mol. The van der Waals surface area contributed by atoms with Crippen molar-refractivity contribution >= 4 is 55.0 Å². The van der Waals surface area contributed by atoms with E-state index in [0.29, 0.717) is 43.8 Å². The van der Waals surface area contributed by atoms with Crippen molar-refractivity contribution in [2.24, 2.45) is 0 Å². The molecule has 1 aliphatic rings. The number of aromatic amines is 1. The number of nitro benzene ring substituents is 2. The van der Waals surface area contributed by atoms with Gasteiger partial charge < -0.3 is 34.3 Å². The molecule has 13 heteroatoms. The molecule has 5 atom stereocenters. The highest BCUT2D eigenvalue weighted by atomic mass is 16.6. The highest BCUT2D eigenvalue weighted by Gasteiger charge is 2.46. The second kappa shape index (κ2) is 8.97. The molecule has 13 nitrogen and oxygen atoms in total. The maximum Gasteiger partial charge on any atom is 0.283 e. The van der Waals surface area contributed by atoms with E-state index in [1.165, 1.54) is 25.3 Å². The van der Waals surface area contributed by atoms with Crippen molar-refractivity contribution in [1.82, 2.24) is 9.55 Å². The minimum absolute atomic E-state index is 0.170. The van der Waals surface area contributed by atoms with Gasteiger partial charge in [-0.15, -0.1) is 0 Å². The van der Waals surface area contributed by atoms with Crippen LogP contribution in [0.1, 0.15) is 11.8 Å². The van der Waals surface area contributed by atoms with Gasteiger partial charge in [-0.2, -0.15) is 0 Å². The van der Waals surface area contributed by atoms with Gasteiger partial charge in [-0.05, 0) is 19.1 Å². The molecule has 1 aliphatic heterocycles. The maximum absolute atomic E-state index is 12.5. The van der Waals surface area contributed by atoms with Gasteiger partial charge in [-0.1, -0.05) is 18.2 Å². The number of nitrogens with zero attached hydrogens (tertiary/aromatic N) is 3. The van der Waals surface area contributed by atoms with Crippen LogP contribution in [-0.2, 0) is 9.47 Å². The molecule has 202 valence electrons. The van der Waals surface area contributed by atoms with Gasteiger partial charge in [0.05, 0.1) is 38.4 Å². The molecule has 5 aromatic rings. The lowest BCUT2D eigenvalue weighted by atomic mass is 9.97. The number of fused-ring (bicyclic) bond motifs is 7. The van der Waals surface area contributed by atoms with Gasteiger partial charge in [0, 0.05) is 46.5 Å². The minimum Gasteiger partial charge on any atom is -0.394 e. The zero-order valence-electron chi connectivity index (χ0n) is 20.8. The largest absolute Gasteiger partial charge is 0.394 e. The molecule has 4 N–H and O–H groups in total. The highest BCUT2D eigenvalue weighted by Crippen LogP contribution is 2.47. The number of ether oxygens (including phenoxy) is 2. The number of non-ortho nitro benzene ring substituents is 1. The smallest absolute Gasteiger partial charge is 0.283 e. The molecule has 0 bridgehead atoms. The maximum atomic E-state index is 12.5. The average Bonchev–Trinajstić information content (AvgIpc) is 3.46. The number of benzene rings is 3. The third-order valence-corrected chi connectivity index (χ3v) is 7.66. The molecule has 1 saturated heterocycles. The first-order chi connectivity index (χ1) is 18.7. The van der Waals surface area contributed by atoms with E-state index in [4.69, 9.17) is 9.47 Å². The van der Waals surface area contributed by atoms with Crippen LogP contribution in [-0.4, -0.2) is 72.8 Å². The molecule has 0 saturated carbocycles. The molecule has 0 unspecified atom stereocenters. The van der Waals surface area contributed by atoms with E-state index in [9.17, 15) is 35.5 Å². The number of aromatic nitrogens is 2. The van der Waals surface area contributed by atoms with Crippen molar-refractivity contribution in [3.63, 3.8) is 0 Å². The lowest BCUT2D eigenvalue weighted by Gasteiger charge is -2.42. The van der Waals surface area contributed by atoms with Crippen LogP contribution in [0.15, 0.2) is 42.5 Å². The summed E-state index contributed by atoms with van der Waals surface area (Å²) in [6.07, 6.45) is -6.26. The number of nitrogens with one attached hydrogen (secondary N) is 1. The lowest BCUT2D eigenvalue weighted by Crippen LogP contribution is -2.57. The quantitative estimate of drug-likeness (QED) is 0.193. The van der Waals surface area contributed by atoms with E-state index in [1.807, 2.05) is 0 Å². The number of hydrogen-bond donors (Lipinski definition) is 4. The molecule has 3 heterocycles. The first-order valence-corrected chi connectivity index (χ1v) is 12.1. The summed E-state index contributed by atoms with van der Waals surface area (Å²) in [5, 5.41) is 57.8. The Bertz CT molecular complexity index is 1810. The summed E-state index contributed by atoms with van der Waals surface area (Å²) in [6, 6.07) is 11.1. The van der Waals surface area contributed by atoms with E-state index in [-0.39, 0.29) is 16.8 Å². The Hall–Kier alpha value is -4.14. The van der Waals surface area contributed by atoms with Gasteiger partial charge in [0.25, 0.3) is 11.4 Å². The lowest BCUT2D eigenvalue weighted by molar-refractivity contribution is -0.384. The summed E-state index contributed by atoms with van der Waals surface area (Å²) >= 11 is 0. The van der Waals surface area contributed by atoms with Gasteiger partial charge in [0.15, 0.2) is 6.23 Å². The van der Waals surface area contributed by atoms with Crippen LogP contribution in [0.4, 0.5) is 11.4 Å². The van der Waals surface area contributed by atoms with Crippen LogP contribution in [0.3, 0.4) is 0 Å². The summed E-state index contributed by atoms with van der Waals surface area (Å²) in [5.74, 6) is 0. The molecule has 3 aromatic carbocycles. The van der Waals surface area contributed by atoms with Crippen molar-refractivity contribution < 1.29 is 34.6 Å². The predicted octanol–water partition coefficient (Wildman–Crippen LogP) is 3.18. The number of aryl methyl sites for hydroxylation is 1. The summed E-state index contributed by atoms with van der Waals surface area (Å²) in [6.45, 7) is 1.08. The molecule has 6 rings (SSSR count). The van der Waals surface area contributed by atoms with E-state index in [0.717, 1.165) is 0 Å². The predicted molar refractivity (Wildman–Crippen MR) is 141 cm³/mol. The fourth-order valence-corrected chi connectivity index (χ4v) is 5.98. The Kier molecular flexibility index (Phi) is 5.78.